The Balaban J connectivity index is 0.000000450. The van der Waals surface area contributed by atoms with E-state index in [1.165, 1.54) is 16.7 Å². The Kier molecular flexibility index (Phi) is 8.96. The lowest BCUT2D eigenvalue weighted by Crippen LogP contribution is -2.16. The van der Waals surface area contributed by atoms with Crippen LogP contribution in [0.4, 0.5) is 0 Å². The maximum atomic E-state index is 9.10. The highest BCUT2D eigenvalue weighted by Gasteiger charge is 2.04. The van der Waals surface area contributed by atoms with E-state index in [-0.39, 0.29) is 0 Å². The highest BCUT2D eigenvalue weighted by molar-refractivity contribution is 6.27. The number of benzene rings is 2. The Morgan fingerprint density at radius 2 is 1.44 bits per heavy atom. The van der Waals surface area contributed by atoms with Crippen molar-refractivity contribution in [1.29, 1.82) is 0 Å². The van der Waals surface area contributed by atoms with Crippen molar-refractivity contribution < 1.29 is 19.8 Å². The summed E-state index contributed by atoms with van der Waals surface area (Å²) < 4.78 is 0. The molecule has 25 heavy (non-hydrogen) atoms. The minimum atomic E-state index is -1.82. The normalized spacial score (nSPS) is 10.0. The summed E-state index contributed by atoms with van der Waals surface area (Å²) in [4.78, 5) is 18.2. The molecule has 0 atom stereocenters. The lowest BCUT2D eigenvalue weighted by atomic mass is 10.0. The van der Waals surface area contributed by atoms with Crippen molar-refractivity contribution in [2.75, 3.05) is 6.54 Å². The van der Waals surface area contributed by atoms with Gasteiger partial charge in [-0.3, -0.25) is 0 Å². The SMILES string of the molecule is CC(C)c1ccc(CNCCc2ccccc2)cc1.O=C(O)C(=O)O. The quantitative estimate of drug-likeness (QED) is 0.553. The molecule has 0 unspecified atom stereocenters. The van der Waals surface area contributed by atoms with Crippen molar-refractivity contribution in [2.24, 2.45) is 0 Å². The summed E-state index contributed by atoms with van der Waals surface area (Å²) in [5, 5.41) is 18.3. The lowest BCUT2D eigenvalue weighted by molar-refractivity contribution is -0.159. The number of carboxylic acid groups (broad SMARTS) is 2. The molecule has 0 aliphatic carbocycles. The van der Waals surface area contributed by atoms with Gasteiger partial charge in [0.05, 0.1) is 0 Å². The molecule has 0 aromatic heterocycles. The molecule has 2 aromatic carbocycles. The van der Waals surface area contributed by atoms with Crippen molar-refractivity contribution in [1.82, 2.24) is 5.32 Å². The van der Waals surface area contributed by atoms with Crippen molar-refractivity contribution in [3.8, 4) is 0 Å². The number of nitrogens with one attached hydrogen (secondary N) is 1. The predicted molar refractivity (Wildman–Crippen MR) is 97.7 cm³/mol. The molecule has 5 heteroatoms. The van der Waals surface area contributed by atoms with Crippen LogP contribution in [0.1, 0.15) is 36.5 Å². The number of carbonyl (C=O) groups is 2. The zero-order chi connectivity index (χ0) is 18.7. The van der Waals surface area contributed by atoms with Gasteiger partial charge in [-0.2, -0.15) is 0 Å². The first-order valence-corrected chi connectivity index (χ1v) is 8.20. The molecule has 2 aromatic rings. The number of hydrogen-bond acceptors (Lipinski definition) is 3. The van der Waals surface area contributed by atoms with Crippen molar-refractivity contribution >= 4 is 11.9 Å². The van der Waals surface area contributed by atoms with Gasteiger partial charge in [0.15, 0.2) is 0 Å². The maximum Gasteiger partial charge on any atom is 0.414 e. The summed E-state index contributed by atoms with van der Waals surface area (Å²) in [6.45, 7) is 6.43. The van der Waals surface area contributed by atoms with Gasteiger partial charge in [0, 0.05) is 6.54 Å². The van der Waals surface area contributed by atoms with Crippen LogP contribution >= 0.6 is 0 Å². The van der Waals surface area contributed by atoms with Crippen LogP contribution < -0.4 is 5.32 Å². The van der Waals surface area contributed by atoms with Gasteiger partial charge in [-0.25, -0.2) is 9.59 Å². The van der Waals surface area contributed by atoms with Gasteiger partial charge < -0.3 is 15.5 Å². The molecule has 2 rings (SSSR count). The largest absolute Gasteiger partial charge is 0.473 e. The van der Waals surface area contributed by atoms with Crippen LogP contribution in [-0.4, -0.2) is 28.7 Å². The fourth-order valence-corrected chi connectivity index (χ4v) is 2.13. The Morgan fingerprint density at radius 3 is 1.92 bits per heavy atom. The summed E-state index contributed by atoms with van der Waals surface area (Å²) in [5.74, 6) is -3.04. The molecule has 134 valence electrons. The molecule has 0 bridgehead atoms. The van der Waals surface area contributed by atoms with Crippen LogP contribution in [0.25, 0.3) is 0 Å². The second-order valence-electron chi connectivity index (χ2n) is 5.92. The molecular formula is C20H25NO4. The Bertz CT molecular complexity index is 639. The van der Waals surface area contributed by atoms with Crippen LogP contribution in [0.3, 0.4) is 0 Å². The van der Waals surface area contributed by atoms with Crippen LogP contribution in [0, 0.1) is 0 Å². The molecule has 0 amide bonds. The van der Waals surface area contributed by atoms with Crippen LogP contribution in [0.15, 0.2) is 54.6 Å². The van der Waals surface area contributed by atoms with Gasteiger partial charge in [-0.1, -0.05) is 68.4 Å². The third-order valence-electron chi connectivity index (χ3n) is 3.59. The maximum absolute atomic E-state index is 9.10. The first kappa shape index (κ1) is 20.4. The standard InChI is InChI=1S/C18H23N.C2H2O4/c1-15(2)18-10-8-17(9-11-18)14-19-13-12-16-6-4-3-5-7-16;3-1(4)2(5)6/h3-11,15,19H,12-14H2,1-2H3;(H,3,4)(H,5,6). The van der Waals surface area contributed by atoms with Crippen LogP contribution in [-0.2, 0) is 22.6 Å². The van der Waals surface area contributed by atoms with Gasteiger partial charge in [0.1, 0.15) is 0 Å². The van der Waals surface area contributed by atoms with Crippen molar-refractivity contribution in [3.05, 3.63) is 71.3 Å². The highest BCUT2D eigenvalue weighted by Crippen LogP contribution is 2.14. The van der Waals surface area contributed by atoms with E-state index in [4.69, 9.17) is 19.8 Å². The summed E-state index contributed by atoms with van der Waals surface area (Å²) >= 11 is 0. The monoisotopic (exact) mass is 343 g/mol. The zero-order valence-electron chi connectivity index (χ0n) is 14.6. The third-order valence-corrected chi connectivity index (χ3v) is 3.59. The van der Waals surface area contributed by atoms with E-state index in [1.54, 1.807) is 0 Å². The average molecular weight is 343 g/mol. The minimum absolute atomic E-state index is 0.611. The smallest absolute Gasteiger partial charge is 0.414 e. The molecule has 3 N–H and O–H groups in total. The summed E-state index contributed by atoms with van der Waals surface area (Å²) in [7, 11) is 0. The van der Waals surface area contributed by atoms with Crippen LogP contribution in [0.5, 0.6) is 0 Å². The van der Waals surface area contributed by atoms with E-state index in [2.05, 4.69) is 73.8 Å². The van der Waals surface area contributed by atoms with E-state index in [9.17, 15) is 0 Å². The number of aliphatic carboxylic acids is 2. The Labute approximate surface area is 148 Å². The molecule has 0 heterocycles. The number of carboxylic acids is 2. The first-order chi connectivity index (χ1) is 11.9. The van der Waals surface area contributed by atoms with E-state index in [1.807, 2.05) is 0 Å². The zero-order valence-corrected chi connectivity index (χ0v) is 14.6. The fourth-order valence-electron chi connectivity index (χ4n) is 2.13. The molecule has 5 nitrogen and oxygen atoms in total. The van der Waals surface area contributed by atoms with E-state index < -0.39 is 11.9 Å². The highest BCUT2D eigenvalue weighted by atomic mass is 16.4. The molecular weight excluding hydrogens is 318 g/mol. The summed E-state index contributed by atoms with van der Waals surface area (Å²) in [6, 6.07) is 19.5. The molecule has 0 spiro atoms. The van der Waals surface area contributed by atoms with E-state index >= 15 is 0 Å². The first-order valence-electron chi connectivity index (χ1n) is 8.20. The van der Waals surface area contributed by atoms with Gasteiger partial charge in [-0.05, 0) is 35.6 Å². The second kappa shape index (κ2) is 11.0. The van der Waals surface area contributed by atoms with Gasteiger partial charge >= 0.3 is 11.9 Å². The van der Waals surface area contributed by atoms with Crippen LogP contribution in [0.2, 0.25) is 0 Å². The number of hydrogen-bond donors (Lipinski definition) is 3. The average Bonchev–Trinajstić information content (AvgIpc) is 2.60. The lowest BCUT2D eigenvalue weighted by Gasteiger charge is -2.08. The molecule has 0 saturated carbocycles. The molecule has 0 radical (unpaired) electrons. The fraction of sp³-hybridized carbons (Fsp3) is 0.300. The topological polar surface area (TPSA) is 86.6 Å². The van der Waals surface area contributed by atoms with Gasteiger partial charge in [0.2, 0.25) is 0 Å². The van der Waals surface area contributed by atoms with Crippen molar-refractivity contribution in [2.45, 2.75) is 32.7 Å². The van der Waals surface area contributed by atoms with E-state index in [0.29, 0.717) is 5.92 Å². The predicted octanol–water partition coefficient (Wildman–Crippen LogP) is 3.30. The molecule has 0 aliphatic rings. The minimum Gasteiger partial charge on any atom is -0.473 e. The van der Waals surface area contributed by atoms with E-state index in [0.717, 1.165) is 19.5 Å². The molecule has 0 aliphatic heterocycles. The second-order valence-corrected chi connectivity index (χ2v) is 5.92. The Hall–Kier alpha value is -2.66. The summed E-state index contributed by atoms with van der Waals surface area (Å²) in [5.41, 5.74) is 4.16. The molecule has 0 fully saturated rings. The van der Waals surface area contributed by atoms with Crippen molar-refractivity contribution in [3.63, 3.8) is 0 Å². The van der Waals surface area contributed by atoms with Gasteiger partial charge in [0.25, 0.3) is 0 Å². The Morgan fingerprint density at radius 1 is 0.880 bits per heavy atom. The summed E-state index contributed by atoms with van der Waals surface area (Å²) in [6.07, 6.45) is 1.09. The molecule has 0 saturated heterocycles. The third kappa shape index (κ3) is 8.67. The van der Waals surface area contributed by atoms with Gasteiger partial charge in [-0.15, -0.1) is 0 Å². The number of rotatable bonds is 6.